The third-order valence-corrected chi connectivity index (χ3v) is 6.77. The fourth-order valence-corrected chi connectivity index (χ4v) is 4.65. The van der Waals surface area contributed by atoms with E-state index in [9.17, 15) is 66.1 Å². The molecule has 35 heavy (non-hydrogen) atoms. The summed E-state index contributed by atoms with van der Waals surface area (Å²) in [5.74, 6) is -11.1. The Bertz CT molecular complexity index is 753. The molecular weight excluding hydrogens is 484 g/mol. The van der Waals surface area contributed by atoms with Gasteiger partial charge in [0.25, 0.3) is 0 Å². The van der Waals surface area contributed by atoms with Gasteiger partial charge in [0.2, 0.25) is 17.3 Å². The third-order valence-electron chi connectivity index (χ3n) is 6.77. The fourth-order valence-electron chi connectivity index (χ4n) is 4.65. The number of rotatable bonds is 9. The number of ether oxygens (including phenoxy) is 2. The molecule has 2 aliphatic rings. The number of aliphatic hydroxyl groups excluding tert-OH is 7. The number of carboxylic acid groups (broad SMARTS) is 1. The van der Waals surface area contributed by atoms with Crippen LogP contribution in [-0.2, 0) is 14.3 Å². The standard InChI is InChI=1S/C18H34N2O15/c19-3-1-2-7(16(20,31)14(28)29)17(32)13(27)12(26)15(30,8(5-22)35-17)18(33)11(25)10(24)9(23)6(4-21)34-18/h6-13,21-27,30-33H,1-5,19-20H2,(H,28,29)/t6-,7?,8?,9-,10+,11-,12?,13?,15?,16?,17?,18?/m1/s1. The van der Waals surface area contributed by atoms with Crippen LogP contribution in [-0.4, -0.2) is 153 Å². The number of nitrogens with two attached hydrogens (primary N) is 2. The molecule has 2 saturated heterocycles. The number of hydrogen-bond donors (Lipinski definition) is 14. The average molecular weight is 518 g/mol. The maximum absolute atomic E-state index is 11.6. The van der Waals surface area contributed by atoms with E-state index >= 15 is 0 Å². The van der Waals surface area contributed by atoms with Gasteiger partial charge in [0.15, 0.2) is 5.60 Å². The van der Waals surface area contributed by atoms with Gasteiger partial charge in [-0.05, 0) is 19.4 Å². The third kappa shape index (κ3) is 4.45. The fraction of sp³-hybridized carbons (Fsp3) is 0.944. The molecule has 16 N–H and O–H groups in total. The maximum atomic E-state index is 11.6. The Morgan fingerprint density at radius 3 is 1.97 bits per heavy atom. The summed E-state index contributed by atoms with van der Waals surface area (Å²) in [6.45, 7) is -2.61. The molecule has 2 fully saturated rings. The van der Waals surface area contributed by atoms with Crippen molar-refractivity contribution in [3.8, 4) is 0 Å². The lowest BCUT2D eigenvalue weighted by molar-refractivity contribution is -0.473. The minimum atomic E-state index is -3.58. The van der Waals surface area contributed by atoms with Gasteiger partial charge in [-0.3, -0.25) is 5.73 Å². The van der Waals surface area contributed by atoms with Gasteiger partial charge >= 0.3 is 5.97 Å². The maximum Gasteiger partial charge on any atom is 0.351 e. The van der Waals surface area contributed by atoms with Crippen molar-refractivity contribution in [1.82, 2.24) is 0 Å². The van der Waals surface area contributed by atoms with Crippen LogP contribution in [0.5, 0.6) is 0 Å². The van der Waals surface area contributed by atoms with Crippen molar-refractivity contribution in [2.75, 3.05) is 19.8 Å². The van der Waals surface area contributed by atoms with Gasteiger partial charge in [0.1, 0.15) is 42.7 Å². The molecule has 0 aromatic heterocycles. The summed E-state index contributed by atoms with van der Waals surface area (Å²) in [5.41, 5.74) is 3.98. The molecule has 0 aromatic carbocycles. The lowest BCUT2D eigenvalue weighted by Gasteiger charge is -2.61. The SMILES string of the molecule is NCCCC(C(N)(O)C(=O)O)C1(O)OC(CO)C(O)(C2(O)O[C@H](CO)[C@@H](O)[C@H](O)[C@H]2O)C(O)C1O. The Morgan fingerprint density at radius 2 is 1.51 bits per heavy atom. The van der Waals surface area contributed by atoms with Crippen LogP contribution in [0.25, 0.3) is 0 Å². The highest BCUT2D eigenvalue weighted by Gasteiger charge is 2.75. The molecule has 0 aliphatic carbocycles. The second kappa shape index (κ2) is 10.3. The van der Waals surface area contributed by atoms with E-state index in [0.29, 0.717) is 0 Å². The Morgan fingerprint density at radius 1 is 0.943 bits per heavy atom. The molecule has 17 nitrogen and oxygen atoms in total. The minimum absolute atomic E-state index is 0.103. The second-order valence-electron chi connectivity index (χ2n) is 8.83. The largest absolute Gasteiger partial charge is 0.478 e. The van der Waals surface area contributed by atoms with Crippen LogP contribution in [0.2, 0.25) is 0 Å². The molecule has 2 aliphatic heterocycles. The molecule has 0 radical (unpaired) electrons. The quantitative estimate of drug-likeness (QED) is 0.126. The number of aliphatic hydroxyl groups is 11. The lowest BCUT2D eigenvalue weighted by atomic mass is 9.67. The van der Waals surface area contributed by atoms with Gasteiger partial charge in [-0.2, -0.15) is 0 Å². The zero-order valence-corrected chi connectivity index (χ0v) is 18.4. The van der Waals surface area contributed by atoms with Gasteiger partial charge < -0.3 is 76.5 Å². The van der Waals surface area contributed by atoms with Crippen molar-refractivity contribution in [3.63, 3.8) is 0 Å². The van der Waals surface area contributed by atoms with E-state index in [1.54, 1.807) is 0 Å². The van der Waals surface area contributed by atoms with Crippen molar-refractivity contribution in [2.45, 2.75) is 78.5 Å². The van der Waals surface area contributed by atoms with Crippen LogP contribution in [0.3, 0.4) is 0 Å². The number of carbonyl (C=O) groups is 1. The Balaban J connectivity index is 2.62. The molecule has 0 spiro atoms. The summed E-state index contributed by atoms with van der Waals surface area (Å²) in [6, 6.07) is 0. The number of hydrogen-bond acceptors (Lipinski definition) is 16. The summed E-state index contributed by atoms with van der Waals surface area (Å²) in [4.78, 5) is 11.6. The molecule has 206 valence electrons. The average Bonchev–Trinajstić information content (AvgIpc) is 2.81. The van der Waals surface area contributed by atoms with Gasteiger partial charge in [0, 0.05) is 0 Å². The molecule has 0 amide bonds. The van der Waals surface area contributed by atoms with Gasteiger partial charge in [-0.25, -0.2) is 4.79 Å². The molecule has 0 aromatic rings. The first kappa shape index (κ1) is 30.1. The van der Waals surface area contributed by atoms with Crippen molar-refractivity contribution >= 4 is 5.97 Å². The van der Waals surface area contributed by atoms with Crippen LogP contribution in [0.1, 0.15) is 12.8 Å². The van der Waals surface area contributed by atoms with E-state index in [4.69, 9.17) is 20.9 Å². The molecular formula is C18H34N2O15. The molecule has 2 rings (SSSR count). The first-order valence-electron chi connectivity index (χ1n) is 10.6. The second-order valence-corrected chi connectivity index (χ2v) is 8.83. The molecule has 0 saturated carbocycles. The molecule has 8 unspecified atom stereocenters. The van der Waals surface area contributed by atoms with Crippen LogP contribution >= 0.6 is 0 Å². The summed E-state index contributed by atoms with van der Waals surface area (Å²) < 4.78 is 10.1. The predicted octanol–water partition coefficient (Wildman–Crippen LogP) is -8.23. The van der Waals surface area contributed by atoms with E-state index in [1.807, 2.05) is 0 Å². The zero-order chi connectivity index (χ0) is 27.1. The van der Waals surface area contributed by atoms with E-state index in [2.05, 4.69) is 0 Å². The first-order valence-corrected chi connectivity index (χ1v) is 10.6. The van der Waals surface area contributed by atoms with E-state index in [1.165, 1.54) is 0 Å². The van der Waals surface area contributed by atoms with E-state index in [0.717, 1.165) is 0 Å². The normalized spacial score (nSPS) is 47.2. The van der Waals surface area contributed by atoms with Crippen LogP contribution in [0, 0.1) is 5.92 Å². The first-order chi connectivity index (χ1) is 16.0. The van der Waals surface area contributed by atoms with Crippen molar-refractivity contribution in [3.05, 3.63) is 0 Å². The van der Waals surface area contributed by atoms with Crippen molar-refractivity contribution in [2.24, 2.45) is 17.4 Å². The molecule has 12 atom stereocenters. The van der Waals surface area contributed by atoms with Crippen LogP contribution in [0.4, 0.5) is 0 Å². The zero-order valence-electron chi connectivity index (χ0n) is 18.4. The highest BCUT2D eigenvalue weighted by Crippen LogP contribution is 2.49. The summed E-state index contributed by atoms with van der Waals surface area (Å²) in [7, 11) is 0. The summed E-state index contributed by atoms with van der Waals surface area (Å²) in [5, 5.41) is 125. The minimum Gasteiger partial charge on any atom is -0.478 e. The van der Waals surface area contributed by atoms with Crippen molar-refractivity contribution in [1.29, 1.82) is 0 Å². The molecule has 2 heterocycles. The van der Waals surface area contributed by atoms with E-state index < -0.39 is 97.1 Å². The summed E-state index contributed by atoms with van der Waals surface area (Å²) in [6.07, 6.45) is -17.6. The monoisotopic (exact) mass is 518 g/mol. The lowest BCUT2D eigenvalue weighted by Crippen LogP contribution is -2.85. The highest BCUT2D eigenvalue weighted by atomic mass is 16.7. The van der Waals surface area contributed by atoms with Crippen LogP contribution < -0.4 is 11.5 Å². The number of carboxylic acids is 1. The Labute approximate surface area is 198 Å². The highest BCUT2D eigenvalue weighted by molar-refractivity contribution is 5.76. The topological polar surface area (TPSA) is 330 Å². The van der Waals surface area contributed by atoms with Gasteiger partial charge in [0.05, 0.1) is 19.1 Å². The van der Waals surface area contributed by atoms with Gasteiger partial charge in [-0.1, -0.05) is 0 Å². The molecule has 0 bridgehead atoms. The van der Waals surface area contributed by atoms with Crippen molar-refractivity contribution < 1.29 is 75.5 Å². The van der Waals surface area contributed by atoms with E-state index in [-0.39, 0.29) is 13.0 Å². The Hall–Kier alpha value is -1.13. The van der Waals surface area contributed by atoms with Gasteiger partial charge in [-0.15, -0.1) is 0 Å². The molecule has 17 heteroatoms. The predicted molar refractivity (Wildman–Crippen MR) is 107 cm³/mol. The smallest absolute Gasteiger partial charge is 0.351 e. The number of aliphatic carboxylic acids is 1. The Kier molecular flexibility index (Phi) is 8.88. The summed E-state index contributed by atoms with van der Waals surface area (Å²) >= 11 is 0. The van der Waals surface area contributed by atoms with Crippen LogP contribution in [0.15, 0.2) is 0 Å².